The average molecular weight is 276 g/mol. The zero-order valence-corrected chi connectivity index (χ0v) is 11.4. The number of nitrogens with one attached hydrogen (secondary N) is 1. The lowest BCUT2D eigenvalue weighted by Gasteiger charge is -2.05. The van der Waals surface area contributed by atoms with Crippen LogP contribution in [-0.4, -0.2) is 38.4 Å². The maximum Gasteiger partial charge on any atom is 0.102 e. The Bertz CT molecular complexity index is 510. The quantitative estimate of drug-likeness (QED) is 0.664. The van der Waals surface area contributed by atoms with Crippen LogP contribution in [0.3, 0.4) is 0 Å². The molecule has 6 nitrogen and oxygen atoms in total. The molecular weight excluding hydrogens is 256 g/mol. The van der Waals surface area contributed by atoms with E-state index in [2.05, 4.69) is 15.6 Å². The van der Waals surface area contributed by atoms with Gasteiger partial charge in [-0.3, -0.25) is 4.68 Å². The third kappa shape index (κ3) is 4.32. The molecule has 2 aromatic rings. The summed E-state index contributed by atoms with van der Waals surface area (Å²) in [7, 11) is 0. The van der Waals surface area contributed by atoms with Gasteiger partial charge in [0.2, 0.25) is 0 Å². The molecule has 6 heteroatoms. The van der Waals surface area contributed by atoms with Crippen LogP contribution in [0.1, 0.15) is 17.7 Å². The van der Waals surface area contributed by atoms with Crippen LogP contribution in [0.15, 0.2) is 30.5 Å². The third-order valence-electron chi connectivity index (χ3n) is 2.96. The number of aromatic nitrogens is 3. The number of hydrogen-bond donors (Lipinski definition) is 3. The second-order valence-electron chi connectivity index (χ2n) is 4.57. The van der Waals surface area contributed by atoms with E-state index in [-0.39, 0.29) is 13.2 Å². The predicted molar refractivity (Wildman–Crippen MR) is 76.3 cm³/mol. The summed E-state index contributed by atoms with van der Waals surface area (Å²) in [6.07, 6.45) is 3.24. The van der Waals surface area contributed by atoms with Crippen LogP contribution in [0, 0.1) is 0 Å². The van der Waals surface area contributed by atoms with Crippen molar-refractivity contribution in [3.05, 3.63) is 41.7 Å². The highest BCUT2D eigenvalue weighted by molar-refractivity contribution is 5.44. The van der Waals surface area contributed by atoms with Gasteiger partial charge in [-0.05, 0) is 30.5 Å². The highest BCUT2D eigenvalue weighted by atomic mass is 16.3. The minimum atomic E-state index is 0.160. The first-order valence-electron chi connectivity index (χ1n) is 6.75. The highest BCUT2D eigenvalue weighted by Gasteiger charge is 2.01. The van der Waals surface area contributed by atoms with E-state index in [0.717, 1.165) is 16.9 Å². The van der Waals surface area contributed by atoms with Gasteiger partial charge in [-0.2, -0.15) is 0 Å². The third-order valence-corrected chi connectivity index (χ3v) is 2.96. The number of hydrogen-bond acceptors (Lipinski definition) is 5. The van der Waals surface area contributed by atoms with Crippen molar-refractivity contribution in [2.75, 3.05) is 18.5 Å². The van der Waals surface area contributed by atoms with Crippen molar-refractivity contribution < 1.29 is 10.2 Å². The minimum absolute atomic E-state index is 0.160. The van der Waals surface area contributed by atoms with Gasteiger partial charge >= 0.3 is 0 Å². The van der Waals surface area contributed by atoms with E-state index in [0.29, 0.717) is 25.9 Å². The summed E-state index contributed by atoms with van der Waals surface area (Å²) in [4.78, 5) is 0. The van der Waals surface area contributed by atoms with Crippen molar-refractivity contribution in [3.8, 4) is 0 Å². The van der Waals surface area contributed by atoms with Crippen molar-refractivity contribution in [3.63, 3.8) is 0 Å². The molecule has 0 unspecified atom stereocenters. The standard InChI is InChI=1S/C14H20N4O2/c19-8-1-7-18-11-14(16-17-18)10-15-13-4-2-12(3-5-13)6-9-20/h2-5,11,15,19-20H,1,6-10H2. The van der Waals surface area contributed by atoms with Crippen LogP contribution in [0.2, 0.25) is 0 Å². The molecule has 0 aliphatic carbocycles. The number of aliphatic hydroxyl groups excluding tert-OH is 2. The van der Waals surface area contributed by atoms with E-state index in [1.807, 2.05) is 30.5 Å². The van der Waals surface area contributed by atoms with Gasteiger partial charge in [-0.25, -0.2) is 0 Å². The lowest BCUT2D eigenvalue weighted by atomic mass is 10.1. The second kappa shape index (κ2) is 7.62. The Kier molecular flexibility index (Phi) is 5.52. The summed E-state index contributed by atoms with van der Waals surface area (Å²) in [5.41, 5.74) is 2.99. The van der Waals surface area contributed by atoms with Crippen molar-refractivity contribution in [2.24, 2.45) is 0 Å². The summed E-state index contributed by atoms with van der Waals surface area (Å²) in [5.74, 6) is 0. The molecule has 0 atom stereocenters. The molecule has 1 heterocycles. The highest BCUT2D eigenvalue weighted by Crippen LogP contribution is 2.11. The largest absolute Gasteiger partial charge is 0.396 e. The predicted octanol–water partition coefficient (Wildman–Crippen LogP) is 0.807. The zero-order chi connectivity index (χ0) is 14.2. The molecular formula is C14H20N4O2. The van der Waals surface area contributed by atoms with E-state index in [1.165, 1.54) is 0 Å². The number of nitrogens with zero attached hydrogens (tertiary/aromatic N) is 3. The van der Waals surface area contributed by atoms with Gasteiger partial charge < -0.3 is 15.5 Å². The minimum Gasteiger partial charge on any atom is -0.396 e. The van der Waals surface area contributed by atoms with Crippen molar-refractivity contribution in [1.29, 1.82) is 0 Å². The van der Waals surface area contributed by atoms with E-state index in [1.54, 1.807) is 4.68 Å². The van der Waals surface area contributed by atoms with Crippen LogP contribution in [-0.2, 0) is 19.5 Å². The summed E-state index contributed by atoms with van der Waals surface area (Å²) < 4.78 is 1.73. The Hall–Kier alpha value is -1.92. The van der Waals surface area contributed by atoms with Gasteiger partial charge in [0, 0.05) is 25.4 Å². The number of aliphatic hydroxyl groups is 2. The molecule has 0 fully saturated rings. The van der Waals surface area contributed by atoms with Crippen LogP contribution in [0.25, 0.3) is 0 Å². The maximum atomic E-state index is 8.86. The first kappa shape index (κ1) is 14.5. The molecule has 0 radical (unpaired) electrons. The molecule has 3 N–H and O–H groups in total. The van der Waals surface area contributed by atoms with Crippen molar-refractivity contribution >= 4 is 5.69 Å². The van der Waals surface area contributed by atoms with Crippen LogP contribution < -0.4 is 5.32 Å². The smallest absolute Gasteiger partial charge is 0.102 e. The van der Waals surface area contributed by atoms with Gasteiger partial charge in [0.25, 0.3) is 0 Å². The zero-order valence-electron chi connectivity index (χ0n) is 11.4. The van der Waals surface area contributed by atoms with Crippen LogP contribution in [0.5, 0.6) is 0 Å². The molecule has 0 saturated heterocycles. The van der Waals surface area contributed by atoms with E-state index in [4.69, 9.17) is 10.2 Å². The lowest BCUT2D eigenvalue weighted by molar-refractivity contribution is 0.276. The molecule has 20 heavy (non-hydrogen) atoms. The first-order valence-corrected chi connectivity index (χ1v) is 6.75. The maximum absolute atomic E-state index is 8.86. The van der Waals surface area contributed by atoms with Gasteiger partial charge in [0.15, 0.2) is 0 Å². The molecule has 0 aliphatic rings. The Morgan fingerprint density at radius 2 is 1.90 bits per heavy atom. The fourth-order valence-electron chi connectivity index (χ4n) is 1.87. The van der Waals surface area contributed by atoms with E-state index < -0.39 is 0 Å². The normalized spacial score (nSPS) is 10.7. The number of anilines is 1. The number of rotatable bonds is 8. The molecule has 108 valence electrons. The molecule has 0 aliphatic heterocycles. The number of benzene rings is 1. The van der Waals surface area contributed by atoms with E-state index in [9.17, 15) is 0 Å². The molecule has 0 bridgehead atoms. The average Bonchev–Trinajstić information content (AvgIpc) is 2.93. The fraction of sp³-hybridized carbons (Fsp3) is 0.429. The van der Waals surface area contributed by atoms with Crippen LogP contribution in [0.4, 0.5) is 5.69 Å². The van der Waals surface area contributed by atoms with Crippen molar-refractivity contribution in [1.82, 2.24) is 15.0 Å². The molecule has 0 spiro atoms. The Morgan fingerprint density at radius 3 is 2.60 bits per heavy atom. The summed E-state index contributed by atoms with van der Waals surface area (Å²) in [6, 6.07) is 7.97. The molecule has 2 rings (SSSR count). The van der Waals surface area contributed by atoms with Gasteiger partial charge in [-0.1, -0.05) is 17.3 Å². The molecule has 0 amide bonds. The lowest BCUT2D eigenvalue weighted by Crippen LogP contribution is -2.01. The summed E-state index contributed by atoms with van der Waals surface area (Å²) in [6.45, 7) is 1.62. The van der Waals surface area contributed by atoms with Gasteiger partial charge in [0.1, 0.15) is 5.69 Å². The van der Waals surface area contributed by atoms with Gasteiger partial charge in [-0.15, -0.1) is 5.10 Å². The first-order chi connectivity index (χ1) is 9.81. The Morgan fingerprint density at radius 1 is 1.10 bits per heavy atom. The van der Waals surface area contributed by atoms with E-state index >= 15 is 0 Å². The topological polar surface area (TPSA) is 83.2 Å². The monoisotopic (exact) mass is 276 g/mol. The Labute approximate surface area is 118 Å². The summed E-state index contributed by atoms with van der Waals surface area (Å²) >= 11 is 0. The van der Waals surface area contributed by atoms with Gasteiger partial charge in [0.05, 0.1) is 12.7 Å². The van der Waals surface area contributed by atoms with Crippen LogP contribution >= 0.6 is 0 Å². The summed E-state index contributed by atoms with van der Waals surface area (Å²) in [5, 5.41) is 28.9. The number of aryl methyl sites for hydroxylation is 1. The molecule has 1 aromatic carbocycles. The second-order valence-corrected chi connectivity index (χ2v) is 4.57. The SMILES string of the molecule is OCCCn1cc(CNc2ccc(CCO)cc2)nn1. The molecule has 0 saturated carbocycles. The fourth-order valence-corrected chi connectivity index (χ4v) is 1.87. The Balaban J connectivity index is 1.83. The van der Waals surface area contributed by atoms with Crippen molar-refractivity contribution in [2.45, 2.75) is 25.9 Å². The molecule has 1 aromatic heterocycles.